The first-order valence-electron chi connectivity index (χ1n) is 6.69. The maximum atomic E-state index is 12.5. The molecule has 2 aromatic rings. The number of amides is 1. The molecule has 10 nitrogen and oxygen atoms in total. The van der Waals surface area contributed by atoms with E-state index in [2.05, 4.69) is 20.0 Å². The molecule has 1 atom stereocenters. The molecule has 0 spiro atoms. The van der Waals surface area contributed by atoms with Crippen molar-refractivity contribution in [1.82, 2.24) is 25.0 Å². The normalized spacial score (nSPS) is 12.1. The van der Waals surface area contributed by atoms with Gasteiger partial charge in [0, 0.05) is 6.54 Å². The number of aryl methyl sites for hydroxylation is 1. The molecule has 0 fully saturated rings. The van der Waals surface area contributed by atoms with Crippen molar-refractivity contribution >= 4 is 11.6 Å². The van der Waals surface area contributed by atoms with E-state index in [1.54, 1.807) is 18.7 Å². The topological polar surface area (TPSA) is 120 Å². The second kappa shape index (κ2) is 6.33. The smallest absolute Gasteiger partial charge is 0.307 e. The Balaban J connectivity index is 2.13. The minimum absolute atomic E-state index is 0.153. The molecule has 2 rings (SSSR count). The van der Waals surface area contributed by atoms with E-state index < -0.39 is 11.0 Å². The lowest BCUT2D eigenvalue weighted by molar-refractivity contribution is -0.385. The third-order valence-electron chi connectivity index (χ3n) is 3.33. The highest BCUT2D eigenvalue weighted by molar-refractivity contribution is 5.80. The van der Waals surface area contributed by atoms with E-state index in [4.69, 9.17) is 0 Å². The van der Waals surface area contributed by atoms with Gasteiger partial charge in [0.1, 0.15) is 29.8 Å². The van der Waals surface area contributed by atoms with Crippen molar-refractivity contribution in [2.75, 3.05) is 6.54 Å². The van der Waals surface area contributed by atoms with Crippen LogP contribution in [0.3, 0.4) is 0 Å². The lowest BCUT2D eigenvalue weighted by atomic mass is 10.2. The van der Waals surface area contributed by atoms with E-state index in [1.165, 1.54) is 10.9 Å². The van der Waals surface area contributed by atoms with Crippen molar-refractivity contribution in [3.63, 3.8) is 0 Å². The number of hydrogen-bond acceptors (Lipinski definition) is 7. The summed E-state index contributed by atoms with van der Waals surface area (Å²) in [7, 11) is 0. The first kappa shape index (κ1) is 15.6. The standard InChI is InChI=1S/C12H16N6O4/c1-4-16(7-11-8(2)14-22-15-11)12(19)9(3)17-6-10(5-13-17)18(20)21/h5-6,9H,4,7H2,1-3H3/t9-/m1/s1. The quantitative estimate of drug-likeness (QED) is 0.578. The molecule has 0 unspecified atom stereocenters. The highest BCUT2D eigenvalue weighted by Crippen LogP contribution is 2.16. The Hall–Kier alpha value is -2.78. The van der Waals surface area contributed by atoms with Crippen LogP contribution in [0.2, 0.25) is 0 Å². The second-order valence-corrected chi connectivity index (χ2v) is 4.76. The van der Waals surface area contributed by atoms with Crippen molar-refractivity contribution in [1.29, 1.82) is 0 Å². The fourth-order valence-corrected chi connectivity index (χ4v) is 1.93. The molecule has 118 valence electrons. The van der Waals surface area contributed by atoms with E-state index in [0.717, 1.165) is 6.20 Å². The molecular formula is C12H16N6O4. The van der Waals surface area contributed by atoms with E-state index in [0.29, 0.717) is 17.9 Å². The number of carbonyl (C=O) groups excluding carboxylic acids is 1. The van der Waals surface area contributed by atoms with Gasteiger partial charge < -0.3 is 4.90 Å². The van der Waals surface area contributed by atoms with Gasteiger partial charge in [0.2, 0.25) is 5.91 Å². The first-order valence-corrected chi connectivity index (χ1v) is 6.69. The van der Waals surface area contributed by atoms with Crippen molar-refractivity contribution in [3.8, 4) is 0 Å². The van der Waals surface area contributed by atoms with Crippen LogP contribution in [-0.4, -0.2) is 42.4 Å². The maximum Gasteiger partial charge on any atom is 0.307 e. The average molecular weight is 308 g/mol. The Morgan fingerprint density at radius 2 is 2.27 bits per heavy atom. The first-order chi connectivity index (χ1) is 10.4. The molecule has 0 aliphatic heterocycles. The van der Waals surface area contributed by atoms with Crippen LogP contribution in [0.4, 0.5) is 5.69 Å². The van der Waals surface area contributed by atoms with Crippen LogP contribution in [0.25, 0.3) is 0 Å². The van der Waals surface area contributed by atoms with Crippen LogP contribution in [-0.2, 0) is 11.3 Å². The number of carbonyl (C=O) groups is 1. The van der Waals surface area contributed by atoms with Gasteiger partial charge in [0.05, 0.1) is 11.5 Å². The minimum Gasteiger partial charge on any atom is -0.335 e. The van der Waals surface area contributed by atoms with Crippen LogP contribution < -0.4 is 0 Å². The van der Waals surface area contributed by atoms with Gasteiger partial charge in [-0.1, -0.05) is 10.3 Å². The summed E-state index contributed by atoms with van der Waals surface area (Å²) < 4.78 is 5.89. The molecule has 0 aromatic carbocycles. The Morgan fingerprint density at radius 1 is 1.55 bits per heavy atom. The van der Waals surface area contributed by atoms with Crippen LogP contribution in [0.1, 0.15) is 31.3 Å². The van der Waals surface area contributed by atoms with Crippen LogP contribution in [0.5, 0.6) is 0 Å². The lowest BCUT2D eigenvalue weighted by Crippen LogP contribution is -2.36. The molecule has 0 radical (unpaired) electrons. The molecular weight excluding hydrogens is 292 g/mol. The summed E-state index contributed by atoms with van der Waals surface area (Å²) in [5.41, 5.74) is 1.04. The monoisotopic (exact) mass is 308 g/mol. The van der Waals surface area contributed by atoms with Crippen LogP contribution in [0, 0.1) is 17.0 Å². The minimum atomic E-state index is -0.659. The zero-order valence-corrected chi connectivity index (χ0v) is 12.5. The Bertz CT molecular complexity index is 679. The van der Waals surface area contributed by atoms with E-state index in [-0.39, 0.29) is 18.1 Å². The van der Waals surface area contributed by atoms with E-state index >= 15 is 0 Å². The Labute approximate surface area is 125 Å². The number of aromatic nitrogens is 4. The van der Waals surface area contributed by atoms with Gasteiger partial charge >= 0.3 is 5.69 Å². The number of likely N-dealkylation sites (N-methyl/N-ethyl adjacent to an activating group) is 1. The third kappa shape index (κ3) is 3.10. The number of rotatable bonds is 6. The molecule has 0 N–H and O–H groups in total. The van der Waals surface area contributed by atoms with Gasteiger partial charge in [-0.2, -0.15) is 5.10 Å². The van der Waals surface area contributed by atoms with Gasteiger partial charge in [-0.25, -0.2) is 4.63 Å². The summed E-state index contributed by atoms with van der Waals surface area (Å²) in [6.07, 6.45) is 2.35. The predicted molar refractivity (Wildman–Crippen MR) is 73.7 cm³/mol. The van der Waals surface area contributed by atoms with Gasteiger partial charge in [-0.05, 0) is 20.8 Å². The number of nitrogens with zero attached hydrogens (tertiary/aromatic N) is 6. The molecule has 0 saturated carbocycles. The van der Waals surface area contributed by atoms with Gasteiger partial charge in [0.25, 0.3) is 0 Å². The second-order valence-electron chi connectivity index (χ2n) is 4.76. The molecule has 0 bridgehead atoms. The highest BCUT2D eigenvalue weighted by Gasteiger charge is 2.24. The molecule has 22 heavy (non-hydrogen) atoms. The summed E-state index contributed by atoms with van der Waals surface area (Å²) in [6, 6.07) is -0.659. The summed E-state index contributed by atoms with van der Waals surface area (Å²) in [4.78, 5) is 24.2. The van der Waals surface area contributed by atoms with Gasteiger partial charge in [-0.3, -0.25) is 19.6 Å². The maximum absolute atomic E-state index is 12.5. The Kier molecular flexibility index (Phi) is 4.49. The van der Waals surface area contributed by atoms with Crippen molar-refractivity contribution < 1.29 is 14.3 Å². The summed E-state index contributed by atoms with van der Waals surface area (Å²) in [5.74, 6) is -0.220. The fraction of sp³-hybridized carbons (Fsp3) is 0.500. The fourth-order valence-electron chi connectivity index (χ4n) is 1.93. The molecule has 0 saturated heterocycles. The van der Waals surface area contributed by atoms with Crippen molar-refractivity contribution in [3.05, 3.63) is 33.9 Å². The SMILES string of the molecule is CCN(Cc1nonc1C)C(=O)[C@@H](C)n1cc([N+](=O)[O-])cn1. The lowest BCUT2D eigenvalue weighted by Gasteiger charge is -2.23. The predicted octanol–water partition coefficient (Wildman–Crippen LogP) is 1.09. The van der Waals surface area contributed by atoms with Crippen molar-refractivity contribution in [2.45, 2.75) is 33.4 Å². The zero-order valence-electron chi connectivity index (χ0n) is 12.5. The van der Waals surface area contributed by atoms with E-state index in [9.17, 15) is 14.9 Å². The van der Waals surface area contributed by atoms with Crippen LogP contribution in [0.15, 0.2) is 17.0 Å². The average Bonchev–Trinajstić information content (AvgIpc) is 3.12. The summed E-state index contributed by atoms with van der Waals surface area (Å²) in [6.45, 7) is 5.93. The summed E-state index contributed by atoms with van der Waals surface area (Å²) in [5, 5.41) is 22.0. The highest BCUT2D eigenvalue weighted by atomic mass is 16.6. The van der Waals surface area contributed by atoms with Crippen LogP contribution >= 0.6 is 0 Å². The number of hydrogen-bond donors (Lipinski definition) is 0. The largest absolute Gasteiger partial charge is 0.335 e. The molecule has 2 aromatic heterocycles. The van der Waals surface area contributed by atoms with Gasteiger partial charge in [0.15, 0.2) is 0 Å². The molecule has 0 aliphatic carbocycles. The molecule has 10 heteroatoms. The Morgan fingerprint density at radius 3 is 2.77 bits per heavy atom. The molecule has 2 heterocycles. The summed E-state index contributed by atoms with van der Waals surface area (Å²) >= 11 is 0. The third-order valence-corrected chi connectivity index (χ3v) is 3.33. The van der Waals surface area contributed by atoms with Crippen molar-refractivity contribution in [2.24, 2.45) is 0 Å². The number of nitro groups is 1. The molecule has 0 aliphatic rings. The zero-order chi connectivity index (χ0) is 16.3. The molecule has 1 amide bonds. The van der Waals surface area contributed by atoms with E-state index in [1.807, 2.05) is 6.92 Å². The van der Waals surface area contributed by atoms with Gasteiger partial charge in [-0.15, -0.1) is 0 Å².